The predicted molar refractivity (Wildman–Crippen MR) is 91.2 cm³/mol. The molecule has 2 heterocycles. The van der Waals surface area contributed by atoms with Crippen LogP contribution in [0.1, 0.15) is 0 Å². The van der Waals surface area contributed by atoms with Crippen LogP contribution in [-0.4, -0.2) is 42.2 Å². The molecule has 0 aliphatic carbocycles. The van der Waals surface area contributed by atoms with Gasteiger partial charge in [0, 0.05) is 0 Å². The minimum Gasteiger partial charge on any atom is -0.481 e. The highest BCUT2D eigenvalue weighted by molar-refractivity contribution is 7.92. The zero-order valence-corrected chi connectivity index (χ0v) is 15.2. The number of para-hydroxylation sites is 1. The van der Waals surface area contributed by atoms with Crippen molar-refractivity contribution in [1.82, 2.24) is 19.6 Å². The number of aromatic nitrogens is 4. The van der Waals surface area contributed by atoms with Crippen LogP contribution in [0.25, 0.3) is 5.78 Å². The lowest BCUT2D eigenvalue weighted by Crippen LogP contribution is -2.15. The normalized spacial score (nSPS) is 11.5. The predicted octanol–water partition coefficient (Wildman–Crippen LogP) is 2.25. The molecular formula is C13H11Cl2N5O4S. The molecule has 0 aliphatic rings. The van der Waals surface area contributed by atoms with Crippen LogP contribution in [0.15, 0.2) is 29.4 Å². The summed E-state index contributed by atoms with van der Waals surface area (Å²) in [5, 5.41) is 3.66. The number of benzene rings is 1. The largest absolute Gasteiger partial charge is 0.481 e. The molecule has 0 fully saturated rings. The summed E-state index contributed by atoms with van der Waals surface area (Å²) in [7, 11) is -1.36. The van der Waals surface area contributed by atoms with Crippen molar-refractivity contribution in [3.63, 3.8) is 0 Å². The molecule has 0 spiro atoms. The van der Waals surface area contributed by atoms with Crippen LogP contribution in [0.2, 0.25) is 10.0 Å². The highest BCUT2D eigenvalue weighted by Gasteiger charge is 2.24. The summed E-state index contributed by atoms with van der Waals surface area (Å²) in [4.78, 5) is 7.92. The van der Waals surface area contributed by atoms with Gasteiger partial charge in [-0.05, 0) is 12.1 Å². The van der Waals surface area contributed by atoms with Crippen LogP contribution in [0.5, 0.6) is 11.8 Å². The number of rotatable bonds is 5. The van der Waals surface area contributed by atoms with E-state index < -0.39 is 15.2 Å². The van der Waals surface area contributed by atoms with Gasteiger partial charge in [0.15, 0.2) is 0 Å². The van der Waals surface area contributed by atoms with E-state index in [4.69, 9.17) is 32.7 Å². The molecule has 132 valence electrons. The minimum atomic E-state index is -4.16. The van der Waals surface area contributed by atoms with Crippen LogP contribution < -0.4 is 14.2 Å². The van der Waals surface area contributed by atoms with Crippen molar-refractivity contribution in [2.24, 2.45) is 0 Å². The smallest absolute Gasteiger partial charge is 0.299 e. The molecule has 0 radical (unpaired) electrons. The first-order valence-corrected chi connectivity index (χ1v) is 8.92. The Hall–Kier alpha value is -2.30. The molecule has 0 saturated heterocycles. The quantitative estimate of drug-likeness (QED) is 0.695. The number of anilines is 1. The molecule has 3 aromatic rings. The lowest BCUT2D eigenvalue weighted by atomic mass is 10.3. The number of nitrogens with zero attached hydrogens (tertiary/aromatic N) is 4. The van der Waals surface area contributed by atoms with Gasteiger partial charge in [-0.15, -0.1) is 5.10 Å². The van der Waals surface area contributed by atoms with E-state index in [9.17, 15) is 8.42 Å². The van der Waals surface area contributed by atoms with E-state index in [1.165, 1.54) is 32.4 Å². The van der Waals surface area contributed by atoms with Crippen molar-refractivity contribution in [1.29, 1.82) is 0 Å². The number of methoxy groups -OCH3 is 2. The molecule has 3 rings (SSSR count). The average Bonchev–Trinajstić information content (AvgIpc) is 3.02. The highest BCUT2D eigenvalue weighted by atomic mass is 35.5. The molecule has 9 nitrogen and oxygen atoms in total. The van der Waals surface area contributed by atoms with E-state index in [0.717, 1.165) is 4.52 Å². The molecule has 0 saturated carbocycles. The molecule has 25 heavy (non-hydrogen) atoms. The number of fused-ring (bicyclic) bond motifs is 1. The monoisotopic (exact) mass is 403 g/mol. The fraction of sp³-hybridized carbons (Fsp3) is 0.154. The van der Waals surface area contributed by atoms with Crippen molar-refractivity contribution in [3.8, 4) is 11.8 Å². The minimum absolute atomic E-state index is 0.0122. The van der Waals surface area contributed by atoms with Gasteiger partial charge in [-0.25, -0.2) is 0 Å². The highest BCUT2D eigenvalue weighted by Crippen LogP contribution is 2.31. The molecule has 0 amide bonds. The van der Waals surface area contributed by atoms with Crippen LogP contribution in [0.4, 0.5) is 5.69 Å². The summed E-state index contributed by atoms with van der Waals surface area (Å²) >= 11 is 12.0. The first-order chi connectivity index (χ1) is 11.9. The first kappa shape index (κ1) is 17.5. The lowest BCUT2D eigenvalue weighted by molar-refractivity contribution is 0.364. The Morgan fingerprint density at radius 1 is 1.12 bits per heavy atom. The average molecular weight is 404 g/mol. The van der Waals surface area contributed by atoms with Crippen LogP contribution in [0.3, 0.4) is 0 Å². The van der Waals surface area contributed by atoms with Gasteiger partial charge in [-0.2, -0.15) is 22.9 Å². The van der Waals surface area contributed by atoms with Crippen LogP contribution in [0, 0.1) is 0 Å². The van der Waals surface area contributed by atoms with Gasteiger partial charge in [0.25, 0.3) is 21.0 Å². The summed E-state index contributed by atoms with van der Waals surface area (Å²) in [5.74, 6) is 0.385. The van der Waals surface area contributed by atoms with Gasteiger partial charge >= 0.3 is 0 Å². The van der Waals surface area contributed by atoms with Gasteiger partial charge in [-0.3, -0.25) is 4.72 Å². The number of sulfonamides is 1. The van der Waals surface area contributed by atoms with Crippen molar-refractivity contribution in [2.45, 2.75) is 5.16 Å². The Bertz CT molecular complexity index is 1030. The second-order valence-electron chi connectivity index (χ2n) is 4.65. The number of nitrogens with one attached hydrogen (secondary N) is 1. The number of ether oxygens (including phenoxy) is 2. The molecule has 12 heteroatoms. The molecule has 0 atom stereocenters. The van der Waals surface area contributed by atoms with E-state index in [-0.39, 0.29) is 33.3 Å². The Morgan fingerprint density at radius 3 is 2.40 bits per heavy atom. The van der Waals surface area contributed by atoms with E-state index >= 15 is 0 Å². The van der Waals surface area contributed by atoms with E-state index in [1.54, 1.807) is 6.07 Å². The fourth-order valence-electron chi connectivity index (χ4n) is 1.94. The van der Waals surface area contributed by atoms with Gasteiger partial charge in [0.05, 0.1) is 36.0 Å². The zero-order chi connectivity index (χ0) is 18.2. The van der Waals surface area contributed by atoms with E-state index in [2.05, 4.69) is 19.8 Å². The number of halogens is 2. The van der Waals surface area contributed by atoms with Gasteiger partial charge < -0.3 is 9.47 Å². The summed E-state index contributed by atoms with van der Waals surface area (Å²) in [6.07, 6.45) is 0. The van der Waals surface area contributed by atoms with Crippen LogP contribution >= 0.6 is 23.2 Å². The summed E-state index contributed by atoms with van der Waals surface area (Å²) < 4.78 is 38.7. The standard InChI is InChI=1S/C13H11Cl2N5O4S/c1-23-9-6-10(24-2)20-12(16-9)17-13(18-20)25(21,22)19-11-7(14)4-3-5-8(11)15/h3-6,19H,1-2H3. The number of hydrogen-bond acceptors (Lipinski definition) is 7. The third-order valence-corrected chi connectivity index (χ3v) is 4.85. The van der Waals surface area contributed by atoms with Gasteiger partial charge in [0.1, 0.15) is 0 Å². The van der Waals surface area contributed by atoms with E-state index in [0.29, 0.717) is 0 Å². The molecular weight excluding hydrogens is 393 g/mol. The van der Waals surface area contributed by atoms with Crippen molar-refractivity contribution >= 4 is 44.7 Å². The number of hydrogen-bond donors (Lipinski definition) is 1. The van der Waals surface area contributed by atoms with Crippen molar-refractivity contribution < 1.29 is 17.9 Å². The second-order valence-corrected chi connectivity index (χ2v) is 7.04. The van der Waals surface area contributed by atoms with Gasteiger partial charge in [0.2, 0.25) is 11.8 Å². The third-order valence-electron chi connectivity index (χ3n) is 3.09. The van der Waals surface area contributed by atoms with Crippen molar-refractivity contribution in [2.75, 3.05) is 18.9 Å². The Balaban J connectivity index is 2.09. The third kappa shape index (κ3) is 3.28. The summed E-state index contributed by atoms with van der Waals surface area (Å²) in [5.41, 5.74) is 0.0298. The molecule has 1 N–H and O–H groups in total. The fourth-order valence-corrected chi connectivity index (χ4v) is 3.52. The topological polar surface area (TPSA) is 108 Å². The van der Waals surface area contributed by atoms with Gasteiger partial charge in [-0.1, -0.05) is 29.3 Å². The Morgan fingerprint density at radius 2 is 1.80 bits per heavy atom. The molecule has 0 bridgehead atoms. The Labute approximate surface area is 152 Å². The van der Waals surface area contributed by atoms with E-state index in [1.807, 2.05) is 0 Å². The van der Waals surface area contributed by atoms with Crippen LogP contribution in [-0.2, 0) is 10.0 Å². The molecule has 0 unspecified atom stereocenters. The maximum Gasteiger partial charge on any atom is 0.299 e. The molecule has 1 aromatic carbocycles. The SMILES string of the molecule is COc1cc(OC)n2nc(S(=O)(=O)Nc3c(Cl)cccc3Cl)nc2n1. The maximum atomic E-state index is 12.6. The molecule has 0 aliphatic heterocycles. The molecule has 2 aromatic heterocycles. The lowest BCUT2D eigenvalue weighted by Gasteiger charge is -2.08. The van der Waals surface area contributed by atoms with Crippen molar-refractivity contribution in [3.05, 3.63) is 34.3 Å². The second kappa shape index (κ2) is 6.54. The summed E-state index contributed by atoms with van der Waals surface area (Å²) in [6, 6.07) is 6.03. The first-order valence-electron chi connectivity index (χ1n) is 6.68. The maximum absolute atomic E-state index is 12.6. The summed E-state index contributed by atoms with van der Waals surface area (Å²) in [6.45, 7) is 0. The zero-order valence-electron chi connectivity index (χ0n) is 12.9. The Kier molecular flexibility index (Phi) is 4.58.